The van der Waals surface area contributed by atoms with Gasteiger partial charge in [-0.2, -0.15) is 0 Å². The first kappa shape index (κ1) is 27.5. The maximum Gasteiger partial charge on any atom is 0.410 e. The first-order valence-electron chi connectivity index (χ1n) is 11.9. The number of carbonyl (C=O) groups is 2. The van der Waals surface area contributed by atoms with Gasteiger partial charge in [0.05, 0.1) is 31.6 Å². The van der Waals surface area contributed by atoms with Crippen molar-refractivity contribution in [3.8, 4) is 11.5 Å². The Morgan fingerprint density at radius 2 is 1.94 bits per heavy atom. The molecule has 1 fully saturated rings. The number of nitrogens with zero attached hydrogens (tertiary/aromatic N) is 5. The van der Waals surface area contributed by atoms with E-state index in [0.717, 1.165) is 35.8 Å². The van der Waals surface area contributed by atoms with Gasteiger partial charge in [0.25, 0.3) is 0 Å². The van der Waals surface area contributed by atoms with Crippen LogP contribution in [0.4, 0.5) is 4.79 Å². The van der Waals surface area contributed by atoms with Crippen molar-refractivity contribution in [2.75, 3.05) is 39.9 Å². The van der Waals surface area contributed by atoms with Gasteiger partial charge in [0.15, 0.2) is 0 Å². The Morgan fingerprint density at radius 1 is 1.19 bits per heavy atom. The van der Waals surface area contributed by atoms with E-state index in [-0.39, 0.29) is 37.0 Å². The molecule has 1 unspecified atom stereocenters. The van der Waals surface area contributed by atoms with E-state index in [9.17, 15) is 9.59 Å². The van der Waals surface area contributed by atoms with Crippen LogP contribution in [-0.2, 0) is 22.6 Å². The molecule has 1 saturated heterocycles. The second-order valence-electron chi connectivity index (χ2n) is 9.81. The zero-order valence-corrected chi connectivity index (χ0v) is 22.0. The molecule has 198 valence electrons. The van der Waals surface area contributed by atoms with E-state index in [0.29, 0.717) is 32.7 Å². The van der Waals surface area contributed by atoms with Crippen molar-refractivity contribution < 1.29 is 23.8 Å². The Hall–Kier alpha value is -3.05. The van der Waals surface area contributed by atoms with Crippen LogP contribution in [0.25, 0.3) is 0 Å². The lowest BCUT2D eigenvalue weighted by Crippen LogP contribution is -2.49. The number of hydrogen-bond acceptors (Lipinski definition) is 8. The molecular weight excluding hydrogens is 488 g/mol. The maximum absolute atomic E-state index is 12.7. The van der Waals surface area contributed by atoms with Gasteiger partial charge in [0.2, 0.25) is 5.91 Å². The van der Waals surface area contributed by atoms with Gasteiger partial charge in [0, 0.05) is 44.7 Å². The van der Waals surface area contributed by atoms with Crippen molar-refractivity contribution in [1.82, 2.24) is 30.1 Å². The number of rotatable bonds is 6. The van der Waals surface area contributed by atoms with E-state index in [2.05, 4.69) is 20.5 Å². The van der Waals surface area contributed by atoms with E-state index >= 15 is 0 Å². The van der Waals surface area contributed by atoms with Crippen LogP contribution in [0.3, 0.4) is 0 Å². The lowest BCUT2D eigenvalue weighted by atomic mass is 10.00. The molecule has 11 nitrogen and oxygen atoms in total. The van der Waals surface area contributed by atoms with Crippen LogP contribution in [0.15, 0.2) is 24.4 Å². The van der Waals surface area contributed by atoms with Crippen LogP contribution in [0, 0.1) is 0 Å². The fraction of sp³-hybridized carbons (Fsp3) is 0.583. The molecule has 36 heavy (non-hydrogen) atoms. The molecule has 1 atom stereocenters. The summed E-state index contributed by atoms with van der Waals surface area (Å²) in [4.78, 5) is 28.9. The summed E-state index contributed by atoms with van der Waals surface area (Å²) in [5.41, 5.74) is 1.19. The molecule has 0 radical (unpaired) electrons. The van der Waals surface area contributed by atoms with Crippen LogP contribution >= 0.6 is 12.4 Å². The fourth-order valence-electron chi connectivity index (χ4n) is 4.17. The number of halogens is 1. The number of methoxy groups -OCH3 is 1. The first-order chi connectivity index (χ1) is 16.7. The molecule has 0 spiro atoms. The number of amides is 2. The standard InChI is InChI=1S/C24H34N6O5.ClH/c1-24(2,3)35-23(32)29-10-8-28(9-11-29)14-17-15-30(27-26-17)16-22(31)25-20-7-12-34-21-6-5-18(33-4)13-19(20)21;/h5-6,13,15,20H,7-12,14,16H2,1-4H3,(H,25,31);1H. The molecule has 4 rings (SSSR count). The van der Waals surface area contributed by atoms with Crippen molar-refractivity contribution in [2.24, 2.45) is 0 Å². The highest BCUT2D eigenvalue weighted by molar-refractivity contribution is 5.85. The Labute approximate surface area is 217 Å². The van der Waals surface area contributed by atoms with Crippen LogP contribution in [0.1, 0.15) is 44.5 Å². The van der Waals surface area contributed by atoms with Gasteiger partial charge in [-0.1, -0.05) is 5.21 Å². The summed E-state index contributed by atoms with van der Waals surface area (Å²) in [5, 5.41) is 11.4. The molecule has 0 aliphatic carbocycles. The number of hydrogen-bond donors (Lipinski definition) is 1. The largest absolute Gasteiger partial charge is 0.497 e. The minimum atomic E-state index is -0.500. The molecule has 3 heterocycles. The van der Waals surface area contributed by atoms with Crippen LogP contribution in [0.2, 0.25) is 0 Å². The Balaban J connectivity index is 0.00000361. The number of piperazine rings is 1. The molecule has 2 amide bonds. The smallest absolute Gasteiger partial charge is 0.410 e. The van der Waals surface area contributed by atoms with E-state index < -0.39 is 5.60 Å². The van der Waals surface area contributed by atoms with Crippen LogP contribution in [0.5, 0.6) is 11.5 Å². The van der Waals surface area contributed by atoms with E-state index in [1.807, 2.05) is 39.0 Å². The molecule has 2 aliphatic rings. The molecule has 1 aromatic carbocycles. The number of aromatic nitrogens is 3. The second-order valence-corrected chi connectivity index (χ2v) is 9.81. The number of carbonyl (C=O) groups excluding carboxylic acids is 2. The number of nitrogens with one attached hydrogen (secondary N) is 1. The third kappa shape index (κ3) is 7.23. The van der Waals surface area contributed by atoms with Crippen molar-refractivity contribution in [3.63, 3.8) is 0 Å². The zero-order chi connectivity index (χ0) is 25.0. The second kappa shape index (κ2) is 11.8. The van der Waals surface area contributed by atoms with Crippen molar-refractivity contribution >= 4 is 24.4 Å². The lowest BCUT2D eigenvalue weighted by Gasteiger charge is -2.35. The van der Waals surface area contributed by atoms with Gasteiger partial charge < -0.3 is 24.4 Å². The molecule has 2 aromatic rings. The molecule has 0 bridgehead atoms. The molecule has 1 aromatic heterocycles. The van der Waals surface area contributed by atoms with Crippen molar-refractivity contribution in [2.45, 2.75) is 51.9 Å². The van der Waals surface area contributed by atoms with E-state index in [4.69, 9.17) is 14.2 Å². The van der Waals surface area contributed by atoms with Gasteiger partial charge in [0.1, 0.15) is 23.6 Å². The third-order valence-electron chi connectivity index (χ3n) is 5.89. The average molecular weight is 523 g/mol. The number of benzene rings is 1. The number of fused-ring (bicyclic) bond motifs is 1. The highest BCUT2D eigenvalue weighted by atomic mass is 35.5. The van der Waals surface area contributed by atoms with Gasteiger partial charge in [-0.25, -0.2) is 9.48 Å². The van der Waals surface area contributed by atoms with Crippen LogP contribution < -0.4 is 14.8 Å². The summed E-state index contributed by atoms with van der Waals surface area (Å²) in [5.74, 6) is 1.34. The summed E-state index contributed by atoms with van der Waals surface area (Å²) in [6, 6.07) is 5.46. The predicted octanol–water partition coefficient (Wildman–Crippen LogP) is 2.40. The van der Waals surface area contributed by atoms with Crippen molar-refractivity contribution in [1.29, 1.82) is 0 Å². The summed E-state index contributed by atoms with van der Waals surface area (Å²) < 4.78 is 18.0. The Kier molecular flexibility index (Phi) is 9.02. The van der Waals surface area contributed by atoms with Crippen LogP contribution in [-0.4, -0.2) is 82.3 Å². The van der Waals surface area contributed by atoms with Gasteiger partial charge in [-0.3, -0.25) is 9.69 Å². The first-order valence-corrected chi connectivity index (χ1v) is 11.9. The fourth-order valence-corrected chi connectivity index (χ4v) is 4.17. The summed E-state index contributed by atoms with van der Waals surface area (Å²) >= 11 is 0. The minimum absolute atomic E-state index is 0. The Morgan fingerprint density at radius 3 is 2.64 bits per heavy atom. The molecule has 12 heteroatoms. The molecule has 0 saturated carbocycles. The van der Waals surface area contributed by atoms with Gasteiger partial charge in [-0.15, -0.1) is 17.5 Å². The van der Waals surface area contributed by atoms with E-state index in [1.54, 1.807) is 22.9 Å². The van der Waals surface area contributed by atoms with Gasteiger partial charge in [-0.05, 0) is 39.0 Å². The Bertz CT molecular complexity index is 1050. The quantitative estimate of drug-likeness (QED) is 0.615. The highest BCUT2D eigenvalue weighted by Gasteiger charge is 2.27. The topological polar surface area (TPSA) is 111 Å². The predicted molar refractivity (Wildman–Crippen MR) is 134 cm³/mol. The molecular formula is C24H35ClN6O5. The average Bonchev–Trinajstić information content (AvgIpc) is 3.24. The molecule has 2 aliphatic heterocycles. The summed E-state index contributed by atoms with van der Waals surface area (Å²) in [6.45, 7) is 9.47. The SMILES string of the molecule is COc1ccc2c(c1)C(NC(=O)Cn1cc(CN3CCN(C(=O)OC(C)(C)C)CC3)nn1)CCO2.Cl. The molecule has 1 N–H and O–H groups in total. The third-order valence-corrected chi connectivity index (χ3v) is 5.89. The number of ether oxygens (including phenoxy) is 3. The normalized spacial score (nSPS) is 17.9. The monoisotopic (exact) mass is 522 g/mol. The maximum atomic E-state index is 12.7. The lowest BCUT2D eigenvalue weighted by molar-refractivity contribution is -0.122. The minimum Gasteiger partial charge on any atom is -0.497 e. The zero-order valence-electron chi connectivity index (χ0n) is 21.2. The van der Waals surface area contributed by atoms with Crippen molar-refractivity contribution in [3.05, 3.63) is 35.7 Å². The van der Waals surface area contributed by atoms with E-state index in [1.165, 1.54) is 0 Å². The summed E-state index contributed by atoms with van der Waals surface area (Å²) in [7, 11) is 1.61. The highest BCUT2D eigenvalue weighted by Crippen LogP contribution is 2.34. The summed E-state index contributed by atoms with van der Waals surface area (Å²) in [6.07, 6.45) is 2.20. The van der Waals surface area contributed by atoms with Gasteiger partial charge >= 0.3 is 6.09 Å².